The molecule has 0 fully saturated rings. The first-order chi connectivity index (χ1) is 17.0. The van der Waals surface area contributed by atoms with Gasteiger partial charge >= 0.3 is 0 Å². The van der Waals surface area contributed by atoms with Crippen LogP contribution in [-0.2, 0) is 26.2 Å². The van der Waals surface area contributed by atoms with Gasteiger partial charge in [-0.1, -0.05) is 31.2 Å². The number of carbonyl (C=O) groups is 2. The Kier molecular flexibility index (Phi) is 8.84. The summed E-state index contributed by atoms with van der Waals surface area (Å²) in [6, 6.07) is 11.5. The number of sulfonamides is 1. The molecule has 0 saturated carbocycles. The van der Waals surface area contributed by atoms with Crippen molar-refractivity contribution in [3.05, 3.63) is 53.6 Å². The number of fused-ring (bicyclic) bond motifs is 1. The second kappa shape index (κ2) is 11.6. The maximum atomic E-state index is 13.7. The van der Waals surface area contributed by atoms with Gasteiger partial charge in [0.15, 0.2) is 11.5 Å². The summed E-state index contributed by atoms with van der Waals surface area (Å²) in [5.41, 5.74) is 2.12. The van der Waals surface area contributed by atoms with Crippen LogP contribution in [0.4, 0.5) is 5.69 Å². The molecule has 2 amide bonds. The minimum absolute atomic E-state index is 0.0550. The standard InChI is InChI=1S/C26H35N3O6S/c1-6-19(3)27-26(31)20(4)28(16-21-10-8-7-9-18(21)2)25(30)17-29(36(5,32)33)22-11-12-23-24(15-22)35-14-13-34-23/h7-12,15,19-20H,6,13-14,16-17H2,1-5H3,(H,27,31). The Bertz CT molecular complexity index is 1200. The minimum Gasteiger partial charge on any atom is -0.486 e. The molecule has 10 heteroatoms. The number of hydrogen-bond acceptors (Lipinski definition) is 6. The van der Waals surface area contributed by atoms with Crippen LogP contribution in [0.2, 0.25) is 0 Å². The van der Waals surface area contributed by atoms with E-state index < -0.39 is 28.5 Å². The van der Waals surface area contributed by atoms with E-state index >= 15 is 0 Å². The average molecular weight is 518 g/mol. The number of rotatable bonds is 10. The number of nitrogens with zero attached hydrogens (tertiary/aromatic N) is 2. The lowest BCUT2D eigenvalue weighted by molar-refractivity contribution is -0.139. The van der Waals surface area contributed by atoms with Crippen LogP contribution in [0.1, 0.15) is 38.3 Å². The quantitative estimate of drug-likeness (QED) is 0.520. The molecule has 0 aliphatic carbocycles. The highest BCUT2D eigenvalue weighted by Gasteiger charge is 2.31. The summed E-state index contributed by atoms with van der Waals surface area (Å²) in [5, 5.41) is 2.92. The lowest BCUT2D eigenvalue weighted by Gasteiger charge is -2.32. The number of aryl methyl sites for hydroxylation is 1. The second-order valence-electron chi connectivity index (χ2n) is 9.04. The summed E-state index contributed by atoms with van der Waals surface area (Å²) in [6.07, 6.45) is 1.79. The summed E-state index contributed by atoms with van der Waals surface area (Å²) in [7, 11) is -3.83. The molecule has 196 valence electrons. The summed E-state index contributed by atoms with van der Waals surface area (Å²) < 4.78 is 37.7. The Morgan fingerprint density at radius 1 is 1.06 bits per heavy atom. The first-order valence-corrected chi connectivity index (χ1v) is 13.9. The SMILES string of the molecule is CCC(C)NC(=O)C(C)N(Cc1ccccc1C)C(=O)CN(c1ccc2c(c1)OCCO2)S(C)(=O)=O. The largest absolute Gasteiger partial charge is 0.486 e. The molecule has 1 N–H and O–H groups in total. The van der Waals surface area contributed by atoms with Crippen molar-refractivity contribution in [2.24, 2.45) is 0 Å². The summed E-state index contributed by atoms with van der Waals surface area (Å²) in [4.78, 5) is 28.1. The number of nitrogens with one attached hydrogen (secondary N) is 1. The molecular formula is C26H35N3O6S. The molecule has 1 heterocycles. The summed E-state index contributed by atoms with van der Waals surface area (Å²) in [6.45, 7) is 7.90. The van der Waals surface area contributed by atoms with Crippen LogP contribution < -0.4 is 19.1 Å². The van der Waals surface area contributed by atoms with Crippen molar-refractivity contribution in [2.45, 2.75) is 52.7 Å². The van der Waals surface area contributed by atoms with Gasteiger partial charge in [0.25, 0.3) is 0 Å². The second-order valence-corrected chi connectivity index (χ2v) is 10.9. The van der Waals surface area contributed by atoms with Gasteiger partial charge in [0.1, 0.15) is 25.8 Å². The topological polar surface area (TPSA) is 105 Å². The van der Waals surface area contributed by atoms with Crippen LogP contribution in [0.15, 0.2) is 42.5 Å². The zero-order chi connectivity index (χ0) is 26.5. The van der Waals surface area contributed by atoms with Crippen LogP contribution in [0.3, 0.4) is 0 Å². The van der Waals surface area contributed by atoms with Crippen LogP contribution >= 0.6 is 0 Å². The van der Waals surface area contributed by atoms with Crippen molar-refractivity contribution < 1.29 is 27.5 Å². The predicted octanol–water partition coefficient (Wildman–Crippen LogP) is 2.86. The molecule has 0 saturated heterocycles. The first-order valence-electron chi connectivity index (χ1n) is 12.0. The average Bonchev–Trinajstić information content (AvgIpc) is 2.85. The zero-order valence-corrected chi connectivity index (χ0v) is 22.3. The molecule has 3 rings (SSSR count). The van der Waals surface area contributed by atoms with E-state index in [0.717, 1.165) is 28.1 Å². The maximum Gasteiger partial charge on any atom is 0.244 e. The Labute approximate surface area is 213 Å². The summed E-state index contributed by atoms with van der Waals surface area (Å²) in [5.74, 6) is 0.140. The fourth-order valence-corrected chi connectivity index (χ4v) is 4.66. The molecule has 0 bridgehead atoms. The number of anilines is 1. The molecule has 2 unspecified atom stereocenters. The van der Waals surface area contributed by atoms with Gasteiger partial charge in [0.05, 0.1) is 11.9 Å². The molecule has 1 aliphatic rings. The van der Waals surface area contributed by atoms with Crippen LogP contribution in [0, 0.1) is 6.92 Å². The lowest BCUT2D eigenvalue weighted by Crippen LogP contribution is -2.52. The van der Waals surface area contributed by atoms with Crippen molar-refractivity contribution in [3.63, 3.8) is 0 Å². The van der Waals surface area contributed by atoms with E-state index in [1.807, 2.05) is 45.0 Å². The number of ether oxygens (including phenoxy) is 2. The monoisotopic (exact) mass is 517 g/mol. The number of carbonyl (C=O) groups excluding carboxylic acids is 2. The Morgan fingerprint density at radius 3 is 2.36 bits per heavy atom. The third kappa shape index (κ3) is 6.69. The normalized spacial score (nSPS) is 14.5. The van der Waals surface area contributed by atoms with E-state index in [2.05, 4.69) is 5.32 Å². The third-order valence-electron chi connectivity index (χ3n) is 6.26. The van der Waals surface area contributed by atoms with E-state index in [0.29, 0.717) is 24.7 Å². The molecule has 36 heavy (non-hydrogen) atoms. The molecular weight excluding hydrogens is 482 g/mol. The molecule has 2 aromatic rings. The van der Waals surface area contributed by atoms with Gasteiger partial charge in [-0.05, 0) is 50.5 Å². The molecule has 0 aromatic heterocycles. The van der Waals surface area contributed by atoms with Crippen LogP contribution in [-0.4, -0.2) is 63.2 Å². The number of hydrogen-bond donors (Lipinski definition) is 1. The van der Waals surface area contributed by atoms with E-state index in [-0.39, 0.29) is 24.2 Å². The minimum atomic E-state index is -3.83. The van der Waals surface area contributed by atoms with Crippen LogP contribution in [0.25, 0.3) is 0 Å². The molecule has 2 aromatic carbocycles. The van der Waals surface area contributed by atoms with E-state index in [1.165, 1.54) is 4.90 Å². The number of amides is 2. The Hall–Kier alpha value is -3.27. The van der Waals surface area contributed by atoms with Crippen molar-refractivity contribution >= 4 is 27.5 Å². The van der Waals surface area contributed by atoms with E-state index in [9.17, 15) is 18.0 Å². The predicted molar refractivity (Wildman–Crippen MR) is 139 cm³/mol. The molecule has 9 nitrogen and oxygen atoms in total. The maximum absolute atomic E-state index is 13.7. The fraction of sp³-hybridized carbons (Fsp3) is 0.462. The highest BCUT2D eigenvalue weighted by molar-refractivity contribution is 7.92. The molecule has 0 radical (unpaired) electrons. The van der Waals surface area contributed by atoms with Gasteiger partial charge in [-0.3, -0.25) is 13.9 Å². The van der Waals surface area contributed by atoms with E-state index in [1.54, 1.807) is 25.1 Å². The Morgan fingerprint density at radius 2 is 1.72 bits per heavy atom. The lowest BCUT2D eigenvalue weighted by atomic mass is 10.1. The first kappa shape index (κ1) is 27.3. The highest BCUT2D eigenvalue weighted by atomic mass is 32.2. The highest BCUT2D eigenvalue weighted by Crippen LogP contribution is 2.34. The zero-order valence-electron chi connectivity index (χ0n) is 21.5. The van der Waals surface area contributed by atoms with Crippen molar-refractivity contribution in [1.82, 2.24) is 10.2 Å². The van der Waals surface area contributed by atoms with Gasteiger partial charge in [-0.25, -0.2) is 8.42 Å². The Balaban J connectivity index is 1.92. The van der Waals surface area contributed by atoms with Gasteiger partial charge in [-0.15, -0.1) is 0 Å². The van der Waals surface area contributed by atoms with Gasteiger partial charge < -0.3 is 19.7 Å². The molecule has 0 spiro atoms. The molecule has 2 atom stereocenters. The van der Waals surface area contributed by atoms with E-state index in [4.69, 9.17) is 9.47 Å². The van der Waals surface area contributed by atoms with Crippen molar-refractivity contribution in [2.75, 3.05) is 30.3 Å². The summed E-state index contributed by atoms with van der Waals surface area (Å²) >= 11 is 0. The van der Waals surface area contributed by atoms with Crippen molar-refractivity contribution in [1.29, 1.82) is 0 Å². The third-order valence-corrected chi connectivity index (χ3v) is 7.40. The fourth-order valence-electron chi connectivity index (χ4n) is 3.82. The number of benzene rings is 2. The van der Waals surface area contributed by atoms with Crippen LogP contribution in [0.5, 0.6) is 11.5 Å². The van der Waals surface area contributed by atoms with Gasteiger partial charge in [0, 0.05) is 18.7 Å². The molecule has 1 aliphatic heterocycles. The van der Waals surface area contributed by atoms with Gasteiger partial charge in [-0.2, -0.15) is 0 Å². The smallest absolute Gasteiger partial charge is 0.244 e. The van der Waals surface area contributed by atoms with Gasteiger partial charge in [0.2, 0.25) is 21.8 Å². The van der Waals surface area contributed by atoms with Crippen molar-refractivity contribution in [3.8, 4) is 11.5 Å².